The standard InChI is InChI=1S/C15H30N2O/c1-4-14-11-17(9-6-10-18-5-2)15(3,12-16-14)13-7-8-13/h13-14,16H,4-12H2,1-3H3. The number of hydrogen-bond donors (Lipinski definition) is 1. The Morgan fingerprint density at radius 1 is 1.33 bits per heavy atom. The molecule has 0 aromatic rings. The van der Waals surface area contributed by atoms with Gasteiger partial charge in [-0.3, -0.25) is 4.90 Å². The van der Waals surface area contributed by atoms with Crippen LogP contribution in [0.25, 0.3) is 0 Å². The van der Waals surface area contributed by atoms with E-state index in [2.05, 4.69) is 31.0 Å². The summed E-state index contributed by atoms with van der Waals surface area (Å²) in [6.45, 7) is 12.2. The molecule has 1 aliphatic heterocycles. The first-order valence-electron chi connectivity index (χ1n) is 7.77. The first kappa shape index (κ1) is 14.3. The Kier molecular flexibility index (Phi) is 5.05. The lowest BCUT2D eigenvalue weighted by Gasteiger charge is -2.48. The van der Waals surface area contributed by atoms with Crippen LogP contribution < -0.4 is 5.32 Å². The van der Waals surface area contributed by atoms with Crippen LogP contribution in [0.4, 0.5) is 0 Å². The predicted molar refractivity (Wildman–Crippen MR) is 75.9 cm³/mol. The third-order valence-corrected chi connectivity index (χ3v) is 4.78. The summed E-state index contributed by atoms with van der Waals surface area (Å²) < 4.78 is 5.48. The number of rotatable bonds is 7. The normalized spacial score (nSPS) is 33.8. The van der Waals surface area contributed by atoms with Gasteiger partial charge in [0.05, 0.1) is 0 Å². The van der Waals surface area contributed by atoms with E-state index in [1.807, 2.05) is 0 Å². The SMILES string of the molecule is CCOCCCN1CC(CC)NCC1(C)C1CC1. The van der Waals surface area contributed by atoms with Gasteiger partial charge in [-0.1, -0.05) is 6.92 Å². The number of nitrogens with one attached hydrogen (secondary N) is 1. The van der Waals surface area contributed by atoms with Crippen molar-refractivity contribution in [1.82, 2.24) is 10.2 Å². The van der Waals surface area contributed by atoms with E-state index >= 15 is 0 Å². The van der Waals surface area contributed by atoms with Gasteiger partial charge in [-0.05, 0) is 45.4 Å². The highest BCUT2D eigenvalue weighted by Crippen LogP contribution is 2.44. The molecular weight excluding hydrogens is 224 g/mol. The maximum atomic E-state index is 5.48. The number of piperazine rings is 1. The van der Waals surface area contributed by atoms with Crippen molar-refractivity contribution in [3.63, 3.8) is 0 Å². The molecule has 0 bridgehead atoms. The Hall–Kier alpha value is -0.120. The van der Waals surface area contributed by atoms with Crippen LogP contribution in [0.15, 0.2) is 0 Å². The summed E-state index contributed by atoms with van der Waals surface area (Å²) in [5.74, 6) is 0.926. The van der Waals surface area contributed by atoms with Gasteiger partial charge in [-0.15, -0.1) is 0 Å². The fourth-order valence-electron chi connectivity index (χ4n) is 3.23. The summed E-state index contributed by atoms with van der Waals surface area (Å²) >= 11 is 0. The molecule has 2 rings (SSSR count). The van der Waals surface area contributed by atoms with Gasteiger partial charge in [-0.2, -0.15) is 0 Å². The fourth-order valence-corrected chi connectivity index (χ4v) is 3.23. The van der Waals surface area contributed by atoms with Crippen LogP contribution in [0, 0.1) is 5.92 Å². The van der Waals surface area contributed by atoms with Crippen molar-refractivity contribution < 1.29 is 4.74 Å². The quantitative estimate of drug-likeness (QED) is 0.705. The molecule has 1 aliphatic carbocycles. The van der Waals surface area contributed by atoms with E-state index in [0.29, 0.717) is 11.6 Å². The van der Waals surface area contributed by atoms with Gasteiger partial charge >= 0.3 is 0 Å². The van der Waals surface area contributed by atoms with Gasteiger partial charge in [-0.25, -0.2) is 0 Å². The largest absolute Gasteiger partial charge is 0.382 e. The minimum atomic E-state index is 0.401. The van der Waals surface area contributed by atoms with E-state index in [4.69, 9.17) is 4.74 Å². The Balaban J connectivity index is 1.87. The van der Waals surface area contributed by atoms with E-state index in [9.17, 15) is 0 Å². The predicted octanol–water partition coefficient (Wildman–Crippen LogP) is 2.27. The molecule has 1 N–H and O–H groups in total. The number of hydrogen-bond acceptors (Lipinski definition) is 3. The van der Waals surface area contributed by atoms with Crippen molar-refractivity contribution in [2.45, 2.75) is 58.0 Å². The van der Waals surface area contributed by atoms with Gasteiger partial charge in [0.2, 0.25) is 0 Å². The van der Waals surface area contributed by atoms with Crippen LogP contribution in [0.3, 0.4) is 0 Å². The summed E-state index contributed by atoms with van der Waals surface area (Å²) in [6, 6.07) is 0.684. The molecule has 0 radical (unpaired) electrons. The number of ether oxygens (including phenoxy) is 1. The van der Waals surface area contributed by atoms with Crippen LogP contribution in [0.2, 0.25) is 0 Å². The first-order valence-corrected chi connectivity index (χ1v) is 7.77. The van der Waals surface area contributed by atoms with Gasteiger partial charge in [0.1, 0.15) is 0 Å². The summed E-state index contributed by atoms with van der Waals surface area (Å²) in [5, 5.41) is 3.74. The molecule has 1 heterocycles. The Morgan fingerprint density at radius 2 is 2.11 bits per heavy atom. The van der Waals surface area contributed by atoms with Crippen LogP contribution in [-0.2, 0) is 4.74 Å². The van der Waals surface area contributed by atoms with Gasteiger partial charge in [0, 0.05) is 44.4 Å². The Labute approximate surface area is 112 Å². The zero-order chi connectivity index (χ0) is 13.0. The molecule has 0 aromatic carbocycles. The van der Waals surface area contributed by atoms with Crippen molar-refractivity contribution in [3.8, 4) is 0 Å². The summed E-state index contributed by atoms with van der Waals surface area (Å²) in [5.41, 5.74) is 0.401. The van der Waals surface area contributed by atoms with Crippen molar-refractivity contribution in [2.24, 2.45) is 5.92 Å². The van der Waals surface area contributed by atoms with Crippen LogP contribution in [-0.4, -0.2) is 49.3 Å². The third-order valence-electron chi connectivity index (χ3n) is 4.78. The van der Waals surface area contributed by atoms with Gasteiger partial charge < -0.3 is 10.1 Å². The summed E-state index contributed by atoms with van der Waals surface area (Å²) in [7, 11) is 0. The molecular formula is C15H30N2O. The minimum Gasteiger partial charge on any atom is -0.382 e. The monoisotopic (exact) mass is 254 g/mol. The highest BCUT2D eigenvalue weighted by molar-refractivity contribution is 5.04. The highest BCUT2D eigenvalue weighted by atomic mass is 16.5. The Bertz CT molecular complexity index is 255. The summed E-state index contributed by atoms with van der Waals surface area (Å²) in [6.07, 6.45) is 5.27. The van der Waals surface area contributed by atoms with Crippen molar-refractivity contribution in [1.29, 1.82) is 0 Å². The lowest BCUT2D eigenvalue weighted by Crippen LogP contribution is -2.64. The van der Waals surface area contributed by atoms with Crippen LogP contribution in [0.1, 0.15) is 46.5 Å². The van der Waals surface area contributed by atoms with E-state index in [-0.39, 0.29) is 0 Å². The van der Waals surface area contributed by atoms with Gasteiger partial charge in [0.15, 0.2) is 0 Å². The van der Waals surface area contributed by atoms with E-state index in [1.54, 1.807) is 0 Å². The average molecular weight is 254 g/mol. The zero-order valence-electron chi connectivity index (χ0n) is 12.4. The molecule has 0 spiro atoms. The van der Waals surface area contributed by atoms with Crippen molar-refractivity contribution >= 4 is 0 Å². The molecule has 3 heteroatoms. The van der Waals surface area contributed by atoms with Crippen LogP contribution >= 0.6 is 0 Å². The lowest BCUT2D eigenvalue weighted by molar-refractivity contribution is 0.0249. The topological polar surface area (TPSA) is 24.5 Å². The molecule has 18 heavy (non-hydrogen) atoms. The average Bonchev–Trinajstić information content (AvgIpc) is 3.21. The molecule has 106 valence electrons. The first-order chi connectivity index (χ1) is 8.70. The van der Waals surface area contributed by atoms with Crippen molar-refractivity contribution in [3.05, 3.63) is 0 Å². The summed E-state index contributed by atoms with van der Waals surface area (Å²) in [4.78, 5) is 2.74. The minimum absolute atomic E-state index is 0.401. The molecule has 3 nitrogen and oxygen atoms in total. The molecule has 0 amide bonds. The van der Waals surface area contributed by atoms with E-state index in [1.165, 1.54) is 45.3 Å². The third kappa shape index (κ3) is 3.25. The molecule has 0 aromatic heterocycles. The molecule has 1 saturated carbocycles. The maximum absolute atomic E-state index is 5.48. The van der Waals surface area contributed by atoms with Crippen LogP contribution in [0.5, 0.6) is 0 Å². The molecule has 2 fully saturated rings. The van der Waals surface area contributed by atoms with E-state index < -0.39 is 0 Å². The smallest absolute Gasteiger partial charge is 0.0478 e. The second-order valence-electron chi connectivity index (χ2n) is 6.11. The van der Waals surface area contributed by atoms with E-state index in [0.717, 1.165) is 19.1 Å². The molecule has 2 unspecified atom stereocenters. The molecule has 1 saturated heterocycles. The van der Waals surface area contributed by atoms with Gasteiger partial charge in [0.25, 0.3) is 0 Å². The zero-order valence-corrected chi connectivity index (χ0v) is 12.4. The maximum Gasteiger partial charge on any atom is 0.0478 e. The lowest BCUT2D eigenvalue weighted by atomic mass is 9.89. The second-order valence-corrected chi connectivity index (χ2v) is 6.11. The Morgan fingerprint density at radius 3 is 2.72 bits per heavy atom. The second kappa shape index (κ2) is 6.36. The molecule has 2 aliphatic rings. The highest BCUT2D eigenvalue weighted by Gasteiger charge is 2.47. The fraction of sp³-hybridized carbons (Fsp3) is 1.00. The van der Waals surface area contributed by atoms with Crippen molar-refractivity contribution in [2.75, 3.05) is 32.8 Å². The number of nitrogens with zero attached hydrogens (tertiary/aromatic N) is 1. The molecule has 2 atom stereocenters.